The van der Waals surface area contributed by atoms with E-state index >= 15 is 0 Å². The number of rotatable bonds is 4. The third kappa shape index (κ3) is 2.94. The number of carbonyl (C=O) groups is 1. The van der Waals surface area contributed by atoms with Gasteiger partial charge < -0.3 is 23.9 Å². The smallest absolute Gasteiger partial charge is 0.252 e. The molecule has 3 aromatic rings. The fourth-order valence-electron chi connectivity index (χ4n) is 2.97. The van der Waals surface area contributed by atoms with E-state index < -0.39 is 0 Å². The summed E-state index contributed by atoms with van der Waals surface area (Å²) in [5.74, 6) is 1.97. The largest absolute Gasteiger partial charge is 0.493 e. The normalized spacial score (nSPS) is 14.1. The highest BCUT2D eigenvalue weighted by molar-refractivity contribution is 5.96. The highest BCUT2D eigenvalue weighted by atomic mass is 16.6. The number of nitrogens with one attached hydrogen (secondary N) is 1. The summed E-state index contributed by atoms with van der Waals surface area (Å²) in [7, 11) is 1.53. The molecule has 1 aromatic heterocycles. The molecule has 0 unspecified atom stereocenters. The monoisotopic (exact) mass is 353 g/mol. The predicted octanol–water partition coefficient (Wildman–Crippen LogP) is 3.70. The van der Waals surface area contributed by atoms with E-state index in [0.717, 1.165) is 11.0 Å². The SMILES string of the molecule is COc1cc(C(=O)N[C@H](C)c2cc3ccccc3o2)cc2c1OCCO2. The van der Waals surface area contributed by atoms with Gasteiger partial charge in [0.2, 0.25) is 5.75 Å². The van der Waals surface area contributed by atoms with Gasteiger partial charge in [0.25, 0.3) is 5.91 Å². The van der Waals surface area contributed by atoms with Gasteiger partial charge in [0.05, 0.1) is 13.2 Å². The lowest BCUT2D eigenvalue weighted by atomic mass is 10.1. The van der Waals surface area contributed by atoms with Crippen molar-refractivity contribution in [3.8, 4) is 17.2 Å². The van der Waals surface area contributed by atoms with Crippen LogP contribution in [0.2, 0.25) is 0 Å². The van der Waals surface area contributed by atoms with Gasteiger partial charge in [-0.2, -0.15) is 0 Å². The molecule has 26 heavy (non-hydrogen) atoms. The van der Waals surface area contributed by atoms with Gasteiger partial charge in [0, 0.05) is 10.9 Å². The third-order valence-electron chi connectivity index (χ3n) is 4.31. The summed E-state index contributed by atoms with van der Waals surface area (Å²) in [6.07, 6.45) is 0. The van der Waals surface area contributed by atoms with Crippen molar-refractivity contribution >= 4 is 16.9 Å². The Morgan fingerprint density at radius 2 is 1.96 bits per heavy atom. The van der Waals surface area contributed by atoms with Crippen LogP contribution in [0.25, 0.3) is 11.0 Å². The maximum atomic E-state index is 12.7. The molecule has 0 saturated carbocycles. The average Bonchev–Trinajstić information content (AvgIpc) is 3.11. The highest BCUT2D eigenvalue weighted by Gasteiger charge is 2.22. The Bertz CT molecular complexity index is 912. The second-order valence-corrected chi connectivity index (χ2v) is 6.08. The molecule has 0 saturated heterocycles. The van der Waals surface area contributed by atoms with Crippen molar-refractivity contribution in [2.75, 3.05) is 20.3 Å². The number of carbonyl (C=O) groups excluding carboxylic acids is 1. The quantitative estimate of drug-likeness (QED) is 0.774. The van der Waals surface area contributed by atoms with Gasteiger partial charge in [0.1, 0.15) is 24.6 Å². The van der Waals surface area contributed by atoms with Gasteiger partial charge in [-0.05, 0) is 31.2 Å². The number of fused-ring (bicyclic) bond motifs is 2. The molecule has 0 bridgehead atoms. The Labute approximate surface area is 150 Å². The molecule has 1 aliphatic rings. The highest BCUT2D eigenvalue weighted by Crippen LogP contribution is 2.40. The molecule has 6 heteroatoms. The Morgan fingerprint density at radius 1 is 1.15 bits per heavy atom. The van der Waals surface area contributed by atoms with Crippen LogP contribution < -0.4 is 19.5 Å². The van der Waals surface area contributed by atoms with Crippen molar-refractivity contribution in [1.29, 1.82) is 0 Å². The van der Waals surface area contributed by atoms with Crippen LogP contribution in [0.3, 0.4) is 0 Å². The molecule has 0 spiro atoms. The number of ether oxygens (including phenoxy) is 3. The van der Waals surface area contributed by atoms with Crippen molar-refractivity contribution in [3.05, 3.63) is 53.8 Å². The second-order valence-electron chi connectivity index (χ2n) is 6.08. The standard InChI is InChI=1S/C20H19NO5/c1-12(16-9-13-5-3-4-6-15(13)26-16)21-20(22)14-10-17(23-2)19-18(11-14)24-7-8-25-19/h3-6,9-12H,7-8H2,1-2H3,(H,21,22)/t12-/m1/s1. The van der Waals surface area contributed by atoms with Gasteiger partial charge in [-0.3, -0.25) is 4.79 Å². The Hall–Kier alpha value is -3.15. The zero-order valence-corrected chi connectivity index (χ0v) is 14.6. The van der Waals surface area contributed by atoms with Crippen LogP contribution in [0.5, 0.6) is 17.2 Å². The number of hydrogen-bond donors (Lipinski definition) is 1. The summed E-state index contributed by atoms with van der Waals surface area (Å²) in [5, 5.41) is 3.95. The van der Waals surface area contributed by atoms with Gasteiger partial charge in [-0.1, -0.05) is 18.2 Å². The first kappa shape index (κ1) is 16.3. The number of para-hydroxylation sites is 1. The number of methoxy groups -OCH3 is 1. The number of furan rings is 1. The van der Waals surface area contributed by atoms with Gasteiger partial charge in [0.15, 0.2) is 11.5 Å². The van der Waals surface area contributed by atoms with Crippen molar-refractivity contribution in [2.45, 2.75) is 13.0 Å². The first-order chi connectivity index (χ1) is 12.7. The number of benzene rings is 2. The lowest BCUT2D eigenvalue weighted by molar-refractivity contribution is 0.0933. The van der Waals surface area contributed by atoms with Crippen LogP contribution in [-0.4, -0.2) is 26.2 Å². The maximum absolute atomic E-state index is 12.7. The fraction of sp³-hybridized carbons (Fsp3) is 0.250. The summed E-state index contributed by atoms with van der Waals surface area (Å²) < 4.78 is 22.3. The topological polar surface area (TPSA) is 69.9 Å². The van der Waals surface area contributed by atoms with Gasteiger partial charge >= 0.3 is 0 Å². The van der Waals surface area contributed by atoms with E-state index in [1.54, 1.807) is 12.1 Å². The van der Waals surface area contributed by atoms with Crippen LogP contribution in [0.4, 0.5) is 0 Å². The molecular formula is C20H19NO5. The van der Waals surface area contributed by atoms with Crippen molar-refractivity contribution in [1.82, 2.24) is 5.32 Å². The van der Waals surface area contributed by atoms with E-state index in [-0.39, 0.29) is 11.9 Å². The first-order valence-electron chi connectivity index (χ1n) is 8.42. The lowest BCUT2D eigenvalue weighted by Crippen LogP contribution is -2.26. The molecule has 0 fully saturated rings. The summed E-state index contributed by atoms with van der Waals surface area (Å²) >= 11 is 0. The maximum Gasteiger partial charge on any atom is 0.252 e. The fourth-order valence-corrected chi connectivity index (χ4v) is 2.97. The van der Waals surface area contributed by atoms with E-state index in [1.165, 1.54) is 7.11 Å². The first-order valence-corrected chi connectivity index (χ1v) is 8.42. The van der Waals surface area contributed by atoms with E-state index in [1.807, 2.05) is 37.3 Å². The van der Waals surface area contributed by atoms with E-state index in [4.69, 9.17) is 18.6 Å². The Kier molecular flexibility index (Phi) is 4.16. The zero-order valence-electron chi connectivity index (χ0n) is 14.6. The van der Waals surface area contributed by atoms with Crippen molar-refractivity contribution in [2.24, 2.45) is 0 Å². The van der Waals surface area contributed by atoms with E-state index in [0.29, 0.717) is 41.8 Å². The molecule has 2 heterocycles. The molecule has 134 valence electrons. The minimum Gasteiger partial charge on any atom is -0.493 e. The van der Waals surface area contributed by atoms with Crippen LogP contribution >= 0.6 is 0 Å². The van der Waals surface area contributed by atoms with Crippen molar-refractivity contribution < 1.29 is 23.4 Å². The van der Waals surface area contributed by atoms with Gasteiger partial charge in [-0.25, -0.2) is 0 Å². The predicted molar refractivity (Wildman–Crippen MR) is 96.1 cm³/mol. The molecular weight excluding hydrogens is 334 g/mol. The van der Waals surface area contributed by atoms with Crippen molar-refractivity contribution in [3.63, 3.8) is 0 Å². The molecule has 0 radical (unpaired) electrons. The molecule has 1 aliphatic heterocycles. The summed E-state index contributed by atoms with van der Waals surface area (Å²) in [6, 6.07) is 12.7. The molecule has 1 atom stereocenters. The van der Waals surface area contributed by atoms with E-state index in [9.17, 15) is 4.79 Å². The number of amides is 1. The van der Waals surface area contributed by atoms with Crippen LogP contribution in [0.15, 0.2) is 46.9 Å². The summed E-state index contributed by atoms with van der Waals surface area (Å²) in [5.41, 5.74) is 1.23. The molecule has 6 nitrogen and oxygen atoms in total. The van der Waals surface area contributed by atoms with Crippen LogP contribution in [-0.2, 0) is 0 Å². The summed E-state index contributed by atoms with van der Waals surface area (Å²) in [4.78, 5) is 12.7. The second kappa shape index (κ2) is 6.63. The average molecular weight is 353 g/mol. The lowest BCUT2D eigenvalue weighted by Gasteiger charge is -2.21. The van der Waals surface area contributed by atoms with Gasteiger partial charge in [-0.15, -0.1) is 0 Å². The zero-order chi connectivity index (χ0) is 18.1. The third-order valence-corrected chi connectivity index (χ3v) is 4.31. The molecule has 1 amide bonds. The molecule has 4 rings (SSSR count). The van der Waals surface area contributed by atoms with Crippen LogP contribution in [0.1, 0.15) is 29.1 Å². The van der Waals surface area contributed by atoms with Crippen LogP contribution in [0, 0.1) is 0 Å². The summed E-state index contributed by atoms with van der Waals surface area (Å²) in [6.45, 7) is 2.78. The van der Waals surface area contributed by atoms with E-state index in [2.05, 4.69) is 5.32 Å². The number of hydrogen-bond acceptors (Lipinski definition) is 5. The molecule has 2 aromatic carbocycles. The molecule has 1 N–H and O–H groups in total. The minimum absolute atomic E-state index is 0.242. The minimum atomic E-state index is -0.283. The molecule has 0 aliphatic carbocycles. The Morgan fingerprint density at radius 3 is 2.77 bits per heavy atom. The Balaban J connectivity index is 1.57.